The van der Waals surface area contributed by atoms with Gasteiger partial charge in [0.15, 0.2) is 11.4 Å². The number of benzene rings is 1. The molecule has 1 saturated heterocycles. The summed E-state index contributed by atoms with van der Waals surface area (Å²) in [6, 6.07) is 8.60. The SMILES string of the molecule is CC(=O)N1CCC(n2cc(-c3cnc(N)c4oc(-c5cccc6c5CCN6)cc34)cn2)CC1. The first-order chi connectivity index (χ1) is 16.1. The number of furan rings is 1. The van der Waals surface area contributed by atoms with Crippen LogP contribution in [0.4, 0.5) is 11.5 Å². The molecule has 3 aromatic heterocycles. The lowest BCUT2D eigenvalue weighted by Crippen LogP contribution is -2.37. The quantitative estimate of drug-likeness (QED) is 0.495. The van der Waals surface area contributed by atoms with E-state index in [2.05, 4.69) is 39.8 Å². The highest BCUT2D eigenvalue weighted by molar-refractivity contribution is 6.00. The van der Waals surface area contributed by atoms with Crippen molar-refractivity contribution in [3.63, 3.8) is 0 Å². The summed E-state index contributed by atoms with van der Waals surface area (Å²) in [5, 5.41) is 9.00. The number of carbonyl (C=O) groups excluding carboxylic acids is 1. The van der Waals surface area contributed by atoms with Crippen LogP contribution in [0, 0.1) is 0 Å². The van der Waals surface area contributed by atoms with Gasteiger partial charge in [0.25, 0.3) is 0 Å². The monoisotopic (exact) mass is 442 g/mol. The van der Waals surface area contributed by atoms with Crippen LogP contribution in [0.15, 0.2) is 47.3 Å². The third-order valence-electron chi connectivity index (χ3n) is 6.92. The van der Waals surface area contributed by atoms with Gasteiger partial charge >= 0.3 is 0 Å². The summed E-state index contributed by atoms with van der Waals surface area (Å²) in [5.41, 5.74) is 12.3. The van der Waals surface area contributed by atoms with Crippen LogP contribution < -0.4 is 11.1 Å². The van der Waals surface area contributed by atoms with Crippen molar-refractivity contribution in [3.8, 4) is 22.5 Å². The molecule has 0 spiro atoms. The Labute approximate surface area is 191 Å². The number of anilines is 2. The molecule has 3 N–H and O–H groups in total. The molecule has 2 aliphatic rings. The Kier molecular flexibility index (Phi) is 4.60. The maximum atomic E-state index is 11.6. The number of nitrogen functional groups attached to an aromatic ring is 1. The second-order valence-corrected chi connectivity index (χ2v) is 8.87. The highest BCUT2D eigenvalue weighted by Gasteiger charge is 2.24. The number of hydrogen-bond donors (Lipinski definition) is 2. The van der Waals surface area contributed by atoms with Gasteiger partial charge in [-0.25, -0.2) is 4.98 Å². The number of nitrogens with zero attached hydrogens (tertiary/aromatic N) is 4. The van der Waals surface area contributed by atoms with Crippen LogP contribution >= 0.6 is 0 Å². The second kappa shape index (κ2) is 7.65. The lowest BCUT2D eigenvalue weighted by molar-refractivity contribution is -0.130. The summed E-state index contributed by atoms with van der Waals surface area (Å²) in [4.78, 5) is 17.9. The molecule has 2 aliphatic heterocycles. The number of nitrogens with one attached hydrogen (secondary N) is 1. The average Bonchev–Trinajstić information content (AvgIpc) is 3.58. The fourth-order valence-corrected chi connectivity index (χ4v) is 5.10. The van der Waals surface area contributed by atoms with Crippen molar-refractivity contribution >= 4 is 28.4 Å². The van der Waals surface area contributed by atoms with E-state index in [1.165, 1.54) is 5.56 Å². The van der Waals surface area contributed by atoms with E-state index in [-0.39, 0.29) is 11.9 Å². The van der Waals surface area contributed by atoms with Gasteiger partial charge in [0.05, 0.1) is 12.2 Å². The summed E-state index contributed by atoms with van der Waals surface area (Å²) in [5.74, 6) is 1.32. The average molecular weight is 443 g/mol. The standard InChI is InChI=1S/C25H26N6O2/c1-15(32)30-9-6-17(7-10-30)31-14-16(12-29-31)21-13-28-25(26)24-20(21)11-23(33-24)19-3-2-4-22-18(19)5-8-27-22/h2-4,11-14,17,27H,5-10H2,1H3,(H2,26,28). The Hall–Kier alpha value is -3.81. The third-order valence-corrected chi connectivity index (χ3v) is 6.92. The zero-order valence-corrected chi connectivity index (χ0v) is 18.5. The van der Waals surface area contributed by atoms with Gasteiger partial charge in [-0.15, -0.1) is 0 Å². The molecule has 0 aliphatic carbocycles. The smallest absolute Gasteiger partial charge is 0.219 e. The molecule has 8 heteroatoms. The van der Waals surface area contributed by atoms with E-state index in [1.807, 2.05) is 21.8 Å². The molecule has 0 bridgehead atoms. The highest BCUT2D eigenvalue weighted by atomic mass is 16.3. The fourth-order valence-electron chi connectivity index (χ4n) is 5.10. The predicted molar refractivity (Wildman–Crippen MR) is 128 cm³/mol. The molecule has 6 rings (SSSR count). The molecular weight excluding hydrogens is 416 g/mol. The first kappa shape index (κ1) is 19.8. The Bertz CT molecular complexity index is 1360. The number of nitrogens with two attached hydrogens (primary N) is 1. The molecule has 168 valence electrons. The summed E-state index contributed by atoms with van der Waals surface area (Å²) in [6.07, 6.45) is 8.52. The lowest BCUT2D eigenvalue weighted by atomic mass is 10.0. The number of aromatic nitrogens is 3. The largest absolute Gasteiger partial charge is 0.452 e. The Balaban J connectivity index is 1.36. The van der Waals surface area contributed by atoms with Crippen LogP contribution in [0.25, 0.3) is 33.4 Å². The number of piperidine rings is 1. The first-order valence-corrected chi connectivity index (χ1v) is 11.4. The molecule has 0 radical (unpaired) electrons. The number of carbonyl (C=O) groups is 1. The van der Waals surface area contributed by atoms with Crippen molar-refractivity contribution in [2.24, 2.45) is 0 Å². The summed E-state index contributed by atoms with van der Waals surface area (Å²) < 4.78 is 8.27. The molecule has 0 atom stereocenters. The van der Waals surface area contributed by atoms with Crippen LogP contribution in [0.5, 0.6) is 0 Å². The topological polar surface area (TPSA) is 102 Å². The maximum Gasteiger partial charge on any atom is 0.219 e. The second-order valence-electron chi connectivity index (χ2n) is 8.87. The predicted octanol–water partition coefficient (Wildman–Crippen LogP) is 4.09. The van der Waals surface area contributed by atoms with Crippen molar-refractivity contribution in [1.82, 2.24) is 19.7 Å². The van der Waals surface area contributed by atoms with E-state index in [0.717, 1.165) is 72.4 Å². The Morgan fingerprint density at radius 1 is 1.21 bits per heavy atom. The summed E-state index contributed by atoms with van der Waals surface area (Å²) >= 11 is 0. The molecule has 5 heterocycles. The zero-order chi connectivity index (χ0) is 22.5. The molecule has 0 saturated carbocycles. The fraction of sp³-hybridized carbons (Fsp3) is 0.320. The number of pyridine rings is 1. The maximum absolute atomic E-state index is 11.6. The van der Waals surface area contributed by atoms with Crippen LogP contribution in [-0.4, -0.2) is 45.2 Å². The molecule has 0 unspecified atom stereocenters. The minimum Gasteiger partial charge on any atom is -0.452 e. The molecule has 4 aromatic rings. The van der Waals surface area contributed by atoms with E-state index in [0.29, 0.717) is 11.4 Å². The molecule has 1 aromatic carbocycles. The van der Waals surface area contributed by atoms with E-state index in [9.17, 15) is 4.79 Å². The van der Waals surface area contributed by atoms with E-state index >= 15 is 0 Å². The van der Waals surface area contributed by atoms with Crippen molar-refractivity contribution in [3.05, 3.63) is 48.4 Å². The third kappa shape index (κ3) is 3.33. The van der Waals surface area contributed by atoms with Gasteiger partial charge in [0.2, 0.25) is 5.91 Å². The minimum absolute atomic E-state index is 0.139. The first-order valence-electron chi connectivity index (χ1n) is 11.4. The van der Waals surface area contributed by atoms with Crippen LogP contribution in [0.3, 0.4) is 0 Å². The van der Waals surface area contributed by atoms with Crippen LogP contribution in [0.1, 0.15) is 31.4 Å². The van der Waals surface area contributed by atoms with Crippen molar-refractivity contribution in [2.45, 2.75) is 32.2 Å². The zero-order valence-electron chi connectivity index (χ0n) is 18.5. The van der Waals surface area contributed by atoms with Crippen molar-refractivity contribution in [1.29, 1.82) is 0 Å². The normalized spacial score (nSPS) is 16.2. The van der Waals surface area contributed by atoms with Gasteiger partial charge < -0.3 is 20.4 Å². The Morgan fingerprint density at radius 2 is 2.06 bits per heavy atom. The van der Waals surface area contributed by atoms with Gasteiger partial charge in [0, 0.05) is 66.7 Å². The van der Waals surface area contributed by atoms with E-state index in [1.54, 1.807) is 13.1 Å². The summed E-state index contributed by atoms with van der Waals surface area (Å²) in [7, 11) is 0. The van der Waals surface area contributed by atoms with Gasteiger partial charge in [-0.3, -0.25) is 9.48 Å². The van der Waals surface area contributed by atoms with Gasteiger partial charge in [0.1, 0.15) is 5.76 Å². The van der Waals surface area contributed by atoms with Gasteiger partial charge in [-0.05, 0) is 37.0 Å². The van der Waals surface area contributed by atoms with Crippen LogP contribution in [-0.2, 0) is 11.2 Å². The molecular formula is C25H26N6O2. The minimum atomic E-state index is 0.139. The van der Waals surface area contributed by atoms with E-state index in [4.69, 9.17) is 10.2 Å². The molecule has 33 heavy (non-hydrogen) atoms. The van der Waals surface area contributed by atoms with Crippen molar-refractivity contribution in [2.75, 3.05) is 30.7 Å². The number of amides is 1. The van der Waals surface area contributed by atoms with Gasteiger partial charge in [-0.2, -0.15) is 5.10 Å². The van der Waals surface area contributed by atoms with Crippen LogP contribution in [0.2, 0.25) is 0 Å². The summed E-state index contributed by atoms with van der Waals surface area (Å²) in [6.45, 7) is 4.10. The number of fused-ring (bicyclic) bond motifs is 2. The van der Waals surface area contributed by atoms with Gasteiger partial charge in [-0.1, -0.05) is 12.1 Å². The number of hydrogen-bond acceptors (Lipinski definition) is 6. The van der Waals surface area contributed by atoms with Crippen molar-refractivity contribution < 1.29 is 9.21 Å². The molecule has 8 nitrogen and oxygen atoms in total. The molecule has 1 amide bonds. The lowest BCUT2D eigenvalue weighted by Gasteiger charge is -2.31. The Morgan fingerprint density at radius 3 is 2.88 bits per heavy atom. The number of rotatable bonds is 3. The number of likely N-dealkylation sites (tertiary alicyclic amines) is 1. The highest BCUT2D eigenvalue weighted by Crippen LogP contribution is 2.40. The van der Waals surface area contributed by atoms with E-state index < -0.39 is 0 Å². The molecule has 1 fully saturated rings.